The predicted molar refractivity (Wildman–Crippen MR) is 127 cm³/mol. The van der Waals surface area contributed by atoms with Gasteiger partial charge < -0.3 is 14.8 Å². The summed E-state index contributed by atoms with van der Waals surface area (Å²) < 4.78 is 39.3. The second-order valence-corrected chi connectivity index (χ2v) is 10.6. The van der Waals surface area contributed by atoms with Gasteiger partial charge in [0.15, 0.2) is 6.10 Å². The number of fused-ring (bicyclic) bond motifs is 1. The molecule has 0 spiro atoms. The minimum absolute atomic E-state index is 0.0652. The summed E-state index contributed by atoms with van der Waals surface area (Å²) in [6, 6.07) is 10.7. The van der Waals surface area contributed by atoms with Gasteiger partial charge in [0.25, 0.3) is 5.91 Å². The molecular weight excluding hydrogens is 440 g/mol. The molecule has 178 valence electrons. The van der Waals surface area contributed by atoms with Gasteiger partial charge in [0.2, 0.25) is 10.0 Å². The molecule has 1 unspecified atom stereocenters. The predicted octanol–water partition coefficient (Wildman–Crippen LogP) is 4.15. The number of carbonyl (C=O) groups excluding carboxylic acids is 1. The number of aryl methyl sites for hydroxylation is 1. The van der Waals surface area contributed by atoms with E-state index < -0.39 is 16.1 Å². The van der Waals surface area contributed by atoms with Crippen molar-refractivity contribution in [3.63, 3.8) is 0 Å². The van der Waals surface area contributed by atoms with Gasteiger partial charge in [-0.05, 0) is 80.8 Å². The highest BCUT2D eigenvalue weighted by atomic mass is 32.2. The van der Waals surface area contributed by atoms with Crippen molar-refractivity contribution in [3.8, 4) is 11.5 Å². The van der Waals surface area contributed by atoms with E-state index in [9.17, 15) is 13.2 Å². The Bertz CT molecular complexity index is 1110. The Morgan fingerprint density at radius 3 is 2.52 bits per heavy atom. The largest absolute Gasteiger partial charge is 0.495 e. The van der Waals surface area contributed by atoms with Crippen LogP contribution in [0.25, 0.3) is 0 Å². The van der Waals surface area contributed by atoms with Crippen molar-refractivity contribution in [3.05, 3.63) is 47.5 Å². The second kappa shape index (κ2) is 10.1. The van der Waals surface area contributed by atoms with Crippen molar-refractivity contribution < 1.29 is 22.7 Å². The number of amides is 1. The molecule has 2 aromatic rings. The molecule has 7 nitrogen and oxygen atoms in total. The molecule has 4 rings (SSSR count). The van der Waals surface area contributed by atoms with Crippen molar-refractivity contribution in [1.82, 2.24) is 4.31 Å². The van der Waals surface area contributed by atoms with Gasteiger partial charge in [-0.1, -0.05) is 18.6 Å². The molecule has 1 amide bonds. The summed E-state index contributed by atoms with van der Waals surface area (Å²) in [7, 11) is -2.27. The fourth-order valence-electron chi connectivity index (χ4n) is 4.54. The monoisotopic (exact) mass is 472 g/mol. The van der Waals surface area contributed by atoms with Gasteiger partial charge in [-0.25, -0.2) is 8.42 Å². The van der Waals surface area contributed by atoms with E-state index in [4.69, 9.17) is 9.47 Å². The maximum Gasteiger partial charge on any atom is 0.265 e. The van der Waals surface area contributed by atoms with Crippen LogP contribution >= 0.6 is 0 Å². The average molecular weight is 473 g/mol. The molecule has 1 aliphatic carbocycles. The number of rotatable bonds is 7. The van der Waals surface area contributed by atoms with E-state index >= 15 is 0 Å². The lowest BCUT2D eigenvalue weighted by molar-refractivity contribution is -0.122. The van der Waals surface area contributed by atoms with Gasteiger partial charge in [-0.2, -0.15) is 4.31 Å². The zero-order valence-corrected chi connectivity index (χ0v) is 20.1. The van der Waals surface area contributed by atoms with Crippen molar-refractivity contribution in [2.75, 3.05) is 25.5 Å². The quantitative estimate of drug-likeness (QED) is 0.654. The molecule has 1 N–H and O–H groups in total. The second-order valence-electron chi connectivity index (χ2n) is 8.68. The van der Waals surface area contributed by atoms with E-state index in [0.29, 0.717) is 18.8 Å². The topological polar surface area (TPSA) is 84.9 Å². The highest BCUT2D eigenvalue weighted by molar-refractivity contribution is 7.89. The third kappa shape index (κ3) is 5.17. The summed E-state index contributed by atoms with van der Waals surface area (Å²) in [6.45, 7) is 2.69. The molecular formula is C25H32N2O5S. The van der Waals surface area contributed by atoms with Crippen LogP contribution in [0.3, 0.4) is 0 Å². The standard InChI is InChI=1S/C25H32N2O5S/c1-18(32-22-12-8-10-19-9-4-5-11-21(19)22)25(28)26-20-13-14-23(31-2)24(17-20)33(29,30)27-15-6-3-7-16-27/h8,10,12-14,17-18H,3-7,9,11,15-16H2,1-2H3,(H,26,28). The molecule has 1 saturated heterocycles. The molecule has 33 heavy (non-hydrogen) atoms. The molecule has 1 fully saturated rings. The number of sulfonamides is 1. The highest BCUT2D eigenvalue weighted by Crippen LogP contribution is 2.32. The number of nitrogens with zero attached hydrogens (tertiary/aromatic N) is 1. The molecule has 0 radical (unpaired) electrons. The van der Waals surface area contributed by atoms with Crippen LogP contribution in [-0.4, -0.2) is 44.9 Å². The van der Waals surface area contributed by atoms with Gasteiger partial charge in [0, 0.05) is 18.8 Å². The molecule has 2 aliphatic rings. The van der Waals surface area contributed by atoms with Crippen molar-refractivity contribution >= 4 is 21.6 Å². The number of hydrogen-bond acceptors (Lipinski definition) is 5. The van der Waals surface area contributed by atoms with E-state index in [1.54, 1.807) is 19.1 Å². The zero-order chi connectivity index (χ0) is 23.4. The molecule has 1 atom stereocenters. The molecule has 2 aromatic carbocycles. The lowest BCUT2D eigenvalue weighted by Crippen LogP contribution is -2.36. The smallest absolute Gasteiger partial charge is 0.265 e. The summed E-state index contributed by atoms with van der Waals surface area (Å²) in [6.07, 6.45) is 6.26. The number of piperidine rings is 1. The first-order valence-corrected chi connectivity index (χ1v) is 13.1. The Morgan fingerprint density at radius 2 is 1.76 bits per heavy atom. The number of carbonyl (C=O) groups is 1. The van der Waals surface area contributed by atoms with E-state index in [0.717, 1.165) is 44.3 Å². The number of ether oxygens (including phenoxy) is 2. The number of hydrogen-bond donors (Lipinski definition) is 1. The summed E-state index contributed by atoms with van der Waals surface area (Å²) in [5.41, 5.74) is 2.86. The first kappa shape index (κ1) is 23.6. The Kier molecular flexibility index (Phi) is 7.24. The fraction of sp³-hybridized carbons (Fsp3) is 0.480. The average Bonchev–Trinajstić information content (AvgIpc) is 2.84. The summed E-state index contributed by atoms with van der Waals surface area (Å²) in [4.78, 5) is 12.9. The summed E-state index contributed by atoms with van der Waals surface area (Å²) >= 11 is 0. The van der Waals surface area contributed by atoms with Crippen LogP contribution in [0.15, 0.2) is 41.3 Å². The first-order valence-electron chi connectivity index (χ1n) is 11.7. The third-order valence-corrected chi connectivity index (χ3v) is 8.31. The highest BCUT2D eigenvalue weighted by Gasteiger charge is 2.29. The first-order chi connectivity index (χ1) is 15.9. The van der Waals surface area contributed by atoms with E-state index in [-0.39, 0.29) is 16.6 Å². The maximum absolute atomic E-state index is 13.2. The Hall–Kier alpha value is -2.58. The Morgan fingerprint density at radius 1 is 1.00 bits per heavy atom. The fourth-order valence-corrected chi connectivity index (χ4v) is 6.24. The number of anilines is 1. The van der Waals surface area contributed by atoms with Gasteiger partial charge in [-0.3, -0.25) is 4.79 Å². The lowest BCUT2D eigenvalue weighted by atomic mass is 9.91. The Labute approximate surface area is 196 Å². The van der Waals surface area contributed by atoms with Gasteiger partial charge >= 0.3 is 0 Å². The lowest BCUT2D eigenvalue weighted by Gasteiger charge is -2.26. The minimum atomic E-state index is -3.72. The van der Waals surface area contributed by atoms with Crippen molar-refractivity contribution in [2.24, 2.45) is 0 Å². The molecule has 0 aromatic heterocycles. The van der Waals surface area contributed by atoms with Crippen molar-refractivity contribution in [2.45, 2.75) is 62.9 Å². The molecule has 8 heteroatoms. The SMILES string of the molecule is COc1ccc(NC(=O)C(C)Oc2cccc3c2CCCC3)cc1S(=O)(=O)N1CCCCC1. The minimum Gasteiger partial charge on any atom is -0.495 e. The van der Waals surface area contributed by atoms with Crippen LogP contribution < -0.4 is 14.8 Å². The van der Waals surface area contributed by atoms with Crippen LogP contribution in [-0.2, 0) is 27.7 Å². The van der Waals surface area contributed by atoms with Gasteiger partial charge in [-0.15, -0.1) is 0 Å². The molecule has 1 aliphatic heterocycles. The molecule has 0 saturated carbocycles. The third-order valence-electron chi connectivity index (χ3n) is 6.39. The molecule has 1 heterocycles. The van der Waals surface area contributed by atoms with Gasteiger partial charge in [0.05, 0.1) is 7.11 Å². The van der Waals surface area contributed by atoms with Crippen LogP contribution in [0.4, 0.5) is 5.69 Å². The number of nitrogens with one attached hydrogen (secondary N) is 1. The maximum atomic E-state index is 13.2. The zero-order valence-electron chi connectivity index (χ0n) is 19.3. The van der Waals surface area contributed by atoms with Gasteiger partial charge in [0.1, 0.15) is 16.4 Å². The van der Waals surface area contributed by atoms with Crippen LogP contribution in [0.1, 0.15) is 50.2 Å². The van der Waals surface area contributed by atoms with Crippen LogP contribution in [0.5, 0.6) is 11.5 Å². The molecule has 0 bridgehead atoms. The summed E-state index contributed by atoms with van der Waals surface area (Å²) in [5.74, 6) is 0.673. The normalized spacial score (nSPS) is 17.6. The number of benzene rings is 2. The van der Waals surface area contributed by atoms with Crippen LogP contribution in [0.2, 0.25) is 0 Å². The number of methoxy groups -OCH3 is 1. The van der Waals surface area contributed by atoms with E-state index in [2.05, 4.69) is 11.4 Å². The van der Waals surface area contributed by atoms with E-state index in [1.807, 2.05) is 12.1 Å². The van der Waals surface area contributed by atoms with E-state index in [1.165, 1.54) is 35.0 Å². The summed E-state index contributed by atoms with van der Waals surface area (Å²) in [5, 5.41) is 2.81. The Balaban J connectivity index is 1.51. The van der Waals surface area contributed by atoms with Crippen molar-refractivity contribution in [1.29, 1.82) is 0 Å². The van der Waals surface area contributed by atoms with Crippen LogP contribution in [0, 0.1) is 0 Å².